The van der Waals surface area contributed by atoms with E-state index in [1.807, 2.05) is 24.3 Å². The zero-order chi connectivity index (χ0) is 17.6. The summed E-state index contributed by atoms with van der Waals surface area (Å²) in [7, 11) is 0. The summed E-state index contributed by atoms with van der Waals surface area (Å²) in [4.78, 5) is 0. The van der Waals surface area contributed by atoms with E-state index in [1.54, 1.807) is 0 Å². The molecule has 26 heavy (non-hydrogen) atoms. The summed E-state index contributed by atoms with van der Waals surface area (Å²) < 4.78 is 0. The third-order valence-electron chi connectivity index (χ3n) is 4.39. The van der Waals surface area contributed by atoms with Crippen molar-refractivity contribution >= 4 is 5.57 Å². The maximum Gasteiger partial charge on any atom is -0.00141 e. The van der Waals surface area contributed by atoms with Crippen molar-refractivity contribution in [2.24, 2.45) is 0 Å². The Morgan fingerprint density at radius 2 is 1.04 bits per heavy atom. The molecule has 0 aliphatic carbocycles. The van der Waals surface area contributed by atoms with Gasteiger partial charge in [0.15, 0.2) is 0 Å². The van der Waals surface area contributed by atoms with Crippen molar-refractivity contribution in [1.29, 1.82) is 0 Å². The molecule has 4 aromatic carbocycles. The molecule has 0 bridgehead atoms. The number of rotatable bonds is 4. The summed E-state index contributed by atoms with van der Waals surface area (Å²) in [5.74, 6) is 0. The fourth-order valence-corrected chi connectivity index (χ4v) is 3.14. The molecule has 0 fully saturated rings. The average molecular weight is 331 g/mol. The van der Waals surface area contributed by atoms with Crippen molar-refractivity contribution in [2.45, 2.75) is 0 Å². The molecule has 0 spiro atoms. The monoisotopic (exact) mass is 331 g/mol. The highest BCUT2D eigenvalue weighted by atomic mass is 14.1. The van der Waals surface area contributed by atoms with Crippen molar-refractivity contribution in [2.75, 3.05) is 0 Å². The van der Waals surface area contributed by atoms with E-state index in [2.05, 4.69) is 97.1 Å². The van der Waals surface area contributed by atoms with Crippen LogP contribution in [0, 0.1) is 6.08 Å². The molecule has 0 aliphatic heterocycles. The van der Waals surface area contributed by atoms with E-state index >= 15 is 0 Å². The quantitative estimate of drug-likeness (QED) is 0.368. The Hall–Kier alpha value is -3.38. The second-order valence-corrected chi connectivity index (χ2v) is 6.14. The van der Waals surface area contributed by atoms with E-state index in [0.29, 0.717) is 0 Å². The first-order chi connectivity index (χ1) is 12.9. The molecule has 0 heteroatoms. The van der Waals surface area contributed by atoms with Gasteiger partial charge in [0.1, 0.15) is 0 Å². The molecule has 123 valence electrons. The second kappa shape index (κ2) is 7.67. The van der Waals surface area contributed by atoms with E-state index in [0.717, 1.165) is 11.1 Å². The standard InChI is InChI=1S/C26H19/c1-4-12-21(13-5-1)20-26(23-16-8-3-9-17-23)25-19-11-10-18-24(25)22-14-6-2-7-15-22/h1-19H. The molecule has 0 nitrogen and oxygen atoms in total. The maximum atomic E-state index is 3.64. The molecule has 4 aromatic rings. The van der Waals surface area contributed by atoms with Gasteiger partial charge >= 0.3 is 0 Å². The lowest BCUT2D eigenvalue weighted by molar-refractivity contribution is 1.49. The molecule has 0 N–H and O–H groups in total. The van der Waals surface area contributed by atoms with Crippen molar-refractivity contribution in [3.63, 3.8) is 0 Å². The van der Waals surface area contributed by atoms with Gasteiger partial charge in [-0.05, 0) is 39.5 Å². The highest BCUT2D eigenvalue weighted by molar-refractivity contribution is 5.88. The largest absolute Gasteiger partial charge is 0.0622 e. The van der Waals surface area contributed by atoms with Crippen LogP contribution in [0.1, 0.15) is 16.7 Å². The van der Waals surface area contributed by atoms with Crippen LogP contribution in [0.25, 0.3) is 16.7 Å². The Labute approximate surface area is 155 Å². The molecule has 0 aliphatic rings. The Kier molecular flexibility index (Phi) is 4.75. The third kappa shape index (κ3) is 3.50. The Morgan fingerprint density at radius 3 is 1.73 bits per heavy atom. The Bertz CT molecular complexity index is 997. The van der Waals surface area contributed by atoms with Crippen molar-refractivity contribution in [3.8, 4) is 11.1 Å². The molecule has 4 rings (SSSR count). The lowest BCUT2D eigenvalue weighted by Crippen LogP contribution is -1.93. The number of benzene rings is 4. The van der Waals surface area contributed by atoms with Gasteiger partial charge < -0.3 is 0 Å². The second-order valence-electron chi connectivity index (χ2n) is 6.14. The molecule has 0 heterocycles. The van der Waals surface area contributed by atoms with Crippen LogP contribution in [0.2, 0.25) is 0 Å². The third-order valence-corrected chi connectivity index (χ3v) is 4.39. The molecular weight excluding hydrogens is 312 g/mol. The van der Waals surface area contributed by atoms with Crippen LogP contribution in [0.4, 0.5) is 0 Å². The van der Waals surface area contributed by atoms with Crippen molar-refractivity contribution in [3.05, 3.63) is 138 Å². The molecule has 0 saturated heterocycles. The fraction of sp³-hybridized carbons (Fsp3) is 0. The van der Waals surface area contributed by atoms with E-state index < -0.39 is 0 Å². The number of hydrogen-bond acceptors (Lipinski definition) is 0. The Balaban J connectivity index is 1.93. The SMILES string of the molecule is [C](=C(c1ccccc1)c1ccccc1-c1ccccc1)c1ccccc1. The van der Waals surface area contributed by atoms with Crippen LogP contribution < -0.4 is 0 Å². The summed E-state index contributed by atoms with van der Waals surface area (Å²) in [5.41, 5.74) is 6.97. The van der Waals surface area contributed by atoms with Crippen molar-refractivity contribution in [1.82, 2.24) is 0 Å². The smallest absolute Gasteiger partial charge is 0.00141 e. The summed E-state index contributed by atoms with van der Waals surface area (Å²) in [6.07, 6.45) is 3.64. The predicted octanol–water partition coefficient (Wildman–Crippen LogP) is 6.64. The normalized spacial score (nSPS) is 11.3. The van der Waals surface area contributed by atoms with Gasteiger partial charge in [0.25, 0.3) is 0 Å². The topological polar surface area (TPSA) is 0 Å². The van der Waals surface area contributed by atoms with E-state index in [-0.39, 0.29) is 0 Å². The van der Waals surface area contributed by atoms with Gasteiger partial charge in [-0.25, -0.2) is 0 Å². The van der Waals surface area contributed by atoms with Gasteiger partial charge in [0.05, 0.1) is 0 Å². The first kappa shape index (κ1) is 16.1. The molecule has 1 radical (unpaired) electrons. The molecule has 0 unspecified atom stereocenters. The first-order valence-electron chi connectivity index (χ1n) is 8.81. The number of hydrogen-bond donors (Lipinski definition) is 0. The lowest BCUT2D eigenvalue weighted by Gasteiger charge is -2.14. The van der Waals surface area contributed by atoms with Crippen LogP contribution in [0.15, 0.2) is 115 Å². The van der Waals surface area contributed by atoms with E-state index in [1.165, 1.54) is 22.3 Å². The van der Waals surface area contributed by atoms with Gasteiger partial charge in [-0.15, -0.1) is 0 Å². The van der Waals surface area contributed by atoms with E-state index in [4.69, 9.17) is 0 Å². The zero-order valence-electron chi connectivity index (χ0n) is 14.5. The minimum Gasteiger partial charge on any atom is -0.0622 e. The van der Waals surface area contributed by atoms with Crippen LogP contribution >= 0.6 is 0 Å². The van der Waals surface area contributed by atoms with Crippen LogP contribution in [0.5, 0.6) is 0 Å². The van der Waals surface area contributed by atoms with Gasteiger partial charge in [-0.2, -0.15) is 0 Å². The molecule has 0 atom stereocenters. The Morgan fingerprint density at radius 1 is 0.500 bits per heavy atom. The highest BCUT2D eigenvalue weighted by Crippen LogP contribution is 2.33. The average Bonchev–Trinajstić information content (AvgIpc) is 2.74. The minimum atomic E-state index is 1.08. The summed E-state index contributed by atoms with van der Waals surface area (Å²) in [6, 6.07) is 39.9. The van der Waals surface area contributed by atoms with Crippen LogP contribution in [0.3, 0.4) is 0 Å². The zero-order valence-corrected chi connectivity index (χ0v) is 14.5. The van der Waals surface area contributed by atoms with Gasteiger partial charge in [0, 0.05) is 0 Å². The summed E-state index contributed by atoms with van der Waals surface area (Å²) >= 11 is 0. The predicted molar refractivity (Wildman–Crippen MR) is 110 cm³/mol. The van der Waals surface area contributed by atoms with Gasteiger partial charge in [-0.3, -0.25) is 0 Å². The summed E-state index contributed by atoms with van der Waals surface area (Å²) in [5, 5.41) is 0. The highest BCUT2D eigenvalue weighted by Gasteiger charge is 2.11. The molecule has 0 amide bonds. The lowest BCUT2D eigenvalue weighted by atomic mass is 9.89. The van der Waals surface area contributed by atoms with Crippen LogP contribution in [-0.2, 0) is 0 Å². The molecular formula is C26H19. The van der Waals surface area contributed by atoms with Gasteiger partial charge in [0.2, 0.25) is 0 Å². The van der Waals surface area contributed by atoms with E-state index in [9.17, 15) is 0 Å². The molecule has 0 saturated carbocycles. The van der Waals surface area contributed by atoms with Crippen LogP contribution in [-0.4, -0.2) is 0 Å². The molecule has 0 aromatic heterocycles. The minimum absolute atomic E-state index is 1.08. The van der Waals surface area contributed by atoms with Gasteiger partial charge in [-0.1, -0.05) is 115 Å². The summed E-state index contributed by atoms with van der Waals surface area (Å²) in [6.45, 7) is 0. The maximum absolute atomic E-state index is 3.64. The first-order valence-corrected chi connectivity index (χ1v) is 8.81. The van der Waals surface area contributed by atoms with Crippen molar-refractivity contribution < 1.29 is 0 Å². The fourth-order valence-electron chi connectivity index (χ4n) is 3.14.